The average Bonchev–Trinajstić information content (AvgIpc) is 2.83. The van der Waals surface area contributed by atoms with Crippen LogP contribution in [0.2, 0.25) is 5.28 Å². The molecule has 0 fully saturated rings. The second kappa shape index (κ2) is 10.7. The fourth-order valence-corrected chi connectivity index (χ4v) is 3.34. The molecule has 172 valence electrons. The number of fused-ring (bicyclic) bond motifs is 1. The Morgan fingerprint density at radius 1 is 1.12 bits per heavy atom. The Morgan fingerprint density at radius 3 is 2.76 bits per heavy atom. The van der Waals surface area contributed by atoms with Crippen molar-refractivity contribution in [2.45, 2.75) is 13.3 Å². The molecule has 0 bridgehead atoms. The number of rotatable bonds is 8. The van der Waals surface area contributed by atoms with Crippen LogP contribution in [0.15, 0.2) is 72.0 Å². The minimum Gasteiger partial charge on any atom is -0.490 e. The van der Waals surface area contributed by atoms with Crippen LogP contribution in [0.3, 0.4) is 0 Å². The van der Waals surface area contributed by atoms with Gasteiger partial charge in [0.1, 0.15) is 0 Å². The van der Waals surface area contributed by atoms with E-state index in [4.69, 9.17) is 21.1 Å². The first-order valence-electron chi connectivity index (χ1n) is 10.4. The van der Waals surface area contributed by atoms with E-state index in [1.54, 1.807) is 25.1 Å². The fourth-order valence-electron chi connectivity index (χ4n) is 3.22. The quantitative estimate of drug-likeness (QED) is 0.211. The van der Waals surface area contributed by atoms with Crippen molar-refractivity contribution in [1.82, 2.24) is 15.4 Å². The summed E-state index contributed by atoms with van der Waals surface area (Å²) in [5.74, 6) is -0.723. The Bertz CT molecular complexity index is 1360. The normalized spacial score (nSPS) is 11.0. The van der Waals surface area contributed by atoms with E-state index in [2.05, 4.69) is 20.5 Å². The number of benzene rings is 3. The van der Waals surface area contributed by atoms with Gasteiger partial charge in [0.25, 0.3) is 5.88 Å². The van der Waals surface area contributed by atoms with Crippen LogP contribution >= 0.6 is 11.6 Å². The van der Waals surface area contributed by atoms with Crippen LogP contribution in [0.25, 0.3) is 10.8 Å². The Labute approximate surface area is 200 Å². The van der Waals surface area contributed by atoms with Gasteiger partial charge in [0.2, 0.25) is 17.0 Å². The molecule has 0 unspecified atom stereocenters. The van der Waals surface area contributed by atoms with Crippen molar-refractivity contribution < 1.29 is 18.7 Å². The molecule has 7 nitrogen and oxygen atoms in total. The Balaban J connectivity index is 1.42. The Hall–Kier alpha value is -4.04. The lowest BCUT2D eigenvalue weighted by molar-refractivity contribution is -0.120. The van der Waals surface area contributed by atoms with Gasteiger partial charge in [-0.3, -0.25) is 4.79 Å². The molecule has 0 saturated heterocycles. The number of hydrogen-bond donors (Lipinski definition) is 1. The molecule has 1 amide bonds. The lowest BCUT2D eigenvalue weighted by Gasteiger charge is -2.12. The summed E-state index contributed by atoms with van der Waals surface area (Å²) in [6.45, 7) is 2.16. The molecule has 0 aliphatic carbocycles. The van der Waals surface area contributed by atoms with Crippen LogP contribution in [-0.4, -0.2) is 28.7 Å². The third-order valence-corrected chi connectivity index (χ3v) is 4.92. The van der Waals surface area contributed by atoms with Gasteiger partial charge in [-0.15, -0.1) is 0 Å². The standard InChI is InChI=1S/C25H20ClFN4O3/c1-2-33-22-12-17(8-10-21(22)34-24-20(27)15-28-25(26)30-24)14-29-31-23(32)13-16-7-9-18-5-3-4-6-19(18)11-16/h3-12,14-15H,2,13H2,1H3,(H,31,32). The molecule has 0 aliphatic heterocycles. The first-order chi connectivity index (χ1) is 16.5. The van der Waals surface area contributed by atoms with E-state index in [1.807, 2.05) is 42.5 Å². The topological polar surface area (TPSA) is 85.7 Å². The summed E-state index contributed by atoms with van der Waals surface area (Å²) in [6, 6.07) is 18.8. The molecule has 9 heteroatoms. The van der Waals surface area contributed by atoms with Gasteiger partial charge in [0.05, 0.1) is 25.4 Å². The highest BCUT2D eigenvalue weighted by Crippen LogP contribution is 2.32. The minimum atomic E-state index is -0.758. The molecule has 3 aromatic carbocycles. The zero-order valence-electron chi connectivity index (χ0n) is 18.2. The highest BCUT2D eigenvalue weighted by molar-refractivity contribution is 6.28. The SMILES string of the molecule is CCOc1cc(C=NNC(=O)Cc2ccc3ccccc3c2)ccc1Oc1nc(Cl)ncc1F. The number of nitrogens with zero attached hydrogens (tertiary/aromatic N) is 3. The summed E-state index contributed by atoms with van der Waals surface area (Å²) in [6.07, 6.45) is 2.60. The maximum Gasteiger partial charge on any atom is 0.260 e. The molecule has 1 aromatic heterocycles. The van der Waals surface area contributed by atoms with E-state index in [1.165, 1.54) is 6.21 Å². The number of ether oxygens (including phenoxy) is 2. The minimum absolute atomic E-state index is 0.141. The van der Waals surface area contributed by atoms with Crippen molar-refractivity contribution in [1.29, 1.82) is 0 Å². The van der Waals surface area contributed by atoms with E-state index in [0.717, 1.165) is 22.5 Å². The highest BCUT2D eigenvalue weighted by atomic mass is 35.5. The van der Waals surface area contributed by atoms with Gasteiger partial charge >= 0.3 is 0 Å². The number of halogens is 2. The number of aromatic nitrogens is 2. The number of hydrogen-bond acceptors (Lipinski definition) is 6. The first kappa shape index (κ1) is 23.1. The maximum atomic E-state index is 13.9. The van der Waals surface area contributed by atoms with Crippen LogP contribution in [0.5, 0.6) is 17.4 Å². The molecule has 4 rings (SSSR count). The summed E-state index contributed by atoms with van der Waals surface area (Å²) >= 11 is 5.72. The van der Waals surface area contributed by atoms with E-state index in [9.17, 15) is 9.18 Å². The summed E-state index contributed by atoms with van der Waals surface area (Å²) in [4.78, 5) is 19.6. The monoisotopic (exact) mass is 478 g/mol. The second-order valence-electron chi connectivity index (χ2n) is 7.18. The molecule has 34 heavy (non-hydrogen) atoms. The molecule has 0 radical (unpaired) electrons. The molecule has 1 N–H and O–H groups in total. The number of amides is 1. The fraction of sp³-hybridized carbons (Fsp3) is 0.120. The average molecular weight is 479 g/mol. The molecular weight excluding hydrogens is 459 g/mol. The van der Waals surface area contributed by atoms with E-state index in [0.29, 0.717) is 17.9 Å². The summed E-state index contributed by atoms with van der Waals surface area (Å²) in [5.41, 5.74) is 4.06. The molecule has 0 aliphatic rings. The summed E-state index contributed by atoms with van der Waals surface area (Å²) < 4.78 is 25.0. The lowest BCUT2D eigenvalue weighted by atomic mass is 10.1. The van der Waals surface area contributed by atoms with Gasteiger partial charge in [0.15, 0.2) is 11.5 Å². The molecule has 0 saturated carbocycles. The van der Waals surface area contributed by atoms with Crippen molar-refractivity contribution in [3.63, 3.8) is 0 Å². The Kier molecular flexibility index (Phi) is 7.29. The van der Waals surface area contributed by atoms with E-state index >= 15 is 0 Å². The van der Waals surface area contributed by atoms with Gasteiger partial charge in [-0.2, -0.15) is 14.5 Å². The third kappa shape index (κ3) is 5.85. The summed E-state index contributed by atoms with van der Waals surface area (Å²) in [5, 5.41) is 6.07. The van der Waals surface area contributed by atoms with Crippen LogP contribution < -0.4 is 14.9 Å². The predicted octanol–water partition coefficient (Wildman–Crippen LogP) is 5.31. The van der Waals surface area contributed by atoms with Gasteiger partial charge in [0, 0.05) is 0 Å². The van der Waals surface area contributed by atoms with Crippen molar-refractivity contribution >= 4 is 34.5 Å². The van der Waals surface area contributed by atoms with Crippen LogP contribution in [0.1, 0.15) is 18.1 Å². The second-order valence-corrected chi connectivity index (χ2v) is 7.52. The molecule has 1 heterocycles. The number of nitrogens with one attached hydrogen (secondary N) is 1. The molecular formula is C25H20ClFN4O3. The van der Waals surface area contributed by atoms with Crippen molar-refractivity contribution in [2.75, 3.05) is 6.61 Å². The van der Waals surface area contributed by atoms with Crippen molar-refractivity contribution in [3.8, 4) is 17.4 Å². The van der Waals surface area contributed by atoms with Crippen LogP contribution in [0.4, 0.5) is 4.39 Å². The zero-order chi connectivity index (χ0) is 23.9. The van der Waals surface area contributed by atoms with Gasteiger partial charge < -0.3 is 9.47 Å². The molecule has 0 spiro atoms. The number of carbonyl (C=O) groups is 1. The molecule has 4 aromatic rings. The van der Waals surface area contributed by atoms with Gasteiger partial charge in [-0.1, -0.05) is 42.5 Å². The van der Waals surface area contributed by atoms with Gasteiger partial charge in [-0.25, -0.2) is 10.4 Å². The lowest BCUT2D eigenvalue weighted by Crippen LogP contribution is -2.19. The van der Waals surface area contributed by atoms with Crippen LogP contribution in [-0.2, 0) is 11.2 Å². The van der Waals surface area contributed by atoms with Crippen molar-refractivity contribution in [2.24, 2.45) is 5.10 Å². The maximum absolute atomic E-state index is 13.9. The van der Waals surface area contributed by atoms with Crippen molar-refractivity contribution in [3.05, 3.63) is 89.1 Å². The van der Waals surface area contributed by atoms with E-state index < -0.39 is 5.82 Å². The highest BCUT2D eigenvalue weighted by Gasteiger charge is 2.13. The summed E-state index contributed by atoms with van der Waals surface area (Å²) in [7, 11) is 0. The van der Waals surface area contributed by atoms with E-state index in [-0.39, 0.29) is 29.2 Å². The number of hydrazone groups is 1. The smallest absolute Gasteiger partial charge is 0.260 e. The third-order valence-electron chi connectivity index (χ3n) is 4.74. The largest absolute Gasteiger partial charge is 0.490 e. The zero-order valence-corrected chi connectivity index (χ0v) is 18.9. The predicted molar refractivity (Wildman–Crippen MR) is 128 cm³/mol. The molecule has 0 atom stereocenters. The van der Waals surface area contributed by atoms with Crippen LogP contribution in [0, 0.1) is 5.82 Å². The number of carbonyl (C=O) groups excluding carboxylic acids is 1. The first-order valence-corrected chi connectivity index (χ1v) is 10.8. The van der Waals surface area contributed by atoms with Gasteiger partial charge in [-0.05, 0) is 58.6 Å². The Morgan fingerprint density at radius 2 is 1.94 bits per heavy atom.